The van der Waals surface area contributed by atoms with Crippen LogP contribution >= 0.6 is 0 Å². The van der Waals surface area contributed by atoms with Crippen molar-refractivity contribution < 1.29 is 4.79 Å². The SMILES string of the molecule is C=C1C(=C)[C@@]2(C)C(=CC1=O)CC[C@H]1[C@@H]3CCC[C@@]3(C)CC[C@@H]12. The van der Waals surface area contributed by atoms with Gasteiger partial charge in [0, 0.05) is 11.0 Å². The van der Waals surface area contributed by atoms with E-state index in [2.05, 4.69) is 27.0 Å². The van der Waals surface area contributed by atoms with E-state index in [-0.39, 0.29) is 11.2 Å². The van der Waals surface area contributed by atoms with Crippen LogP contribution in [-0.2, 0) is 4.79 Å². The van der Waals surface area contributed by atoms with Crippen LogP contribution in [0.4, 0.5) is 0 Å². The molecule has 0 aromatic carbocycles. The van der Waals surface area contributed by atoms with Gasteiger partial charge in [0.15, 0.2) is 5.78 Å². The maximum Gasteiger partial charge on any atom is 0.185 e. The molecule has 22 heavy (non-hydrogen) atoms. The summed E-state index contributed by atoms with van der Waals surface area (Å²) in [5.41, 5.74) is 3.61. The van der Waals surface area contributed by atoms with Gasteiger partial charge in [-0.1, -0.05) is 39.0 Å². The fourth-order valence-corrected chi connectivity index (χ4v) is 6.57. The standard InChI is InChI=1S/C21H28O/c1-13-14(2)21(4)15(12-19(13)22)7-8-16-17-6-5-10-20(17,3)11-9-18(16)21/h12,16-18H,1-2,5-11H2,3-4H3/t16-,17-,18-,20-,21-/m0/s1. The molecule has 1 nitrogen and oxygen atoms in total. The molecule has 4 aliphatic rings. The van der Waals surface area contributed by atoms with Gasteiger partial charge in [-0.25, -0.2) is 0 Å². The first-order chi connectivity index (χ1) is 10.4. The van der Waals surface area contributed by atoms with Crippen molar-refractivity contribution in [3.05, 3.63) is 36.0 Å². The Morgan fingerprint density at radius 1 is 1.09 bits per heavy atom. The van der Waals surface area contributed by atoms with Crippen molar-refractivity contribution in [2.45, 2.75) is 58.8 Å². The van der Waals surface area contributed by atoms with E-state index in [1.165, 1.54) is 44.1 Å². The van der Waals surface area contributed by atoms with Crippen LogP contribution in [0.15, 0.2) is 36.0 Å². The lowest BCUT2D eigenvalue weighted by molar-refractivity contribution is -0.112. The Morgan fingerprint density at radius 3 is 2.64 bits per heavy atom. The molecule has 118 valence electrons. The van der Waals surface area contributed by atoms with Gasteiger partial charge in [0.2, 0.25) is 0 Å². The Bertz CT molecular complexity index is 609. The third-order valence-corrected chi connectivity index (χ3v) is 7.97. The second kappa shape index (κ2) is 4.46. The number of hydrogen-bond acceptors (Lipinski definition) is 1. The van der Waals surface area contributed by atoms with E-state index in [0.29, 0.717) is 16.9 Å². The molecule has 0 saturated heterocycles. The van der Waals surface area contributed by atoms with E-state index in [0.717, 1.165) is 23.8 Å². The summed E-state index contributed by atoms with van der Waals surface area (Å²) in [5.74, 6) is 2.47. The first-order valence-corrected chi connectivity index (χ1v) is 9.02. The minimum absolute atomic E-state index is 0.00215. The Labute approximate surface area is 134 Å². The van der Waals surface area contributed by atoms with Crippen LogP contribution in [-0.4, -0.2) is 5.78 Å². The highest BCUT2D eigenvalue weighted by molar-refractivity contribution is 6.09. The van der Waals surface area contributed by atoms with E-state index in [4.69, 9.17) is 0 Å². The van der Waals surface area contributed by atoms with Gasteiger partial charge in [-0.05, 0) is 73.3 Å². The molecule has 1 heteroatoms. The van der Waals surface area contributed by atoms with Crippen molar-refractivity contribution in [2.24, 2.45) is 28.6 Å². The molecular formula is C21H28O. The maximum absolute atomic E-state index is 12.2. The molecular weight excluding hydrogens is 268 g/mol. The summed E-state index contributed by atoms with van der Waals surface area (Å²) >= 11 is 0. The first kappa shape index (κ1) is 14.5. The average molecular weight is 296 g/mol. The highest BCUT2D eigenvalue weighted by Crippen LogP contribution is 2.66. The molecule has 3 saturated carbocycles. The Kier molecular flexibility index (Phi) is 2.94. The summed E-state index contributed by atoms with van der Waals surface area (Å²) in [6.45, 7) is 13.3. The minimum Gasteiger partial charge on any atom is -0.289 e. The molecule has 0 heterocycles. The number of rotatable bonds is 0. The zero-order valence-electron chi connectivity index (χ0n) is 14.1. The van der Waals surface area contributed by atoms with Crippen molar-refractivity contribution in [1.29, 1.82) is 0 Å². The molecule has 0 amide bonds. The van der Waals surface area contributed by atoms with E-state index >= 15 is 0 Å². The highest BCUT2D eigenvalue weighted by Gasteiger charge is 2.57. The van der Waals surface area contributed by atoms with E-state index in [9.17, 15) is 4.79 Å². The smallest absolute Gasteiger partial charge is 0.185 e. The van der Waals surface area contributed by atoms with E-state index < -0.39 is 0 Å². The molecule has 0 bridgehead atoms. The predicted octanol–water partition coefficient (Wildman–Crippen LogP) is 5.24. The molecule has 0 aromatic rings. The second-order valence-corrected chi connectivity index (χ2v) is 8.69. The van der Waals surface area contributed by atoms with Crippen LogP contribution < -0.4 is 0 Å². The van der Waals surface area contributed by atoms with Crippen LogP contribution in [0.3, 0.4) is 0 Å². The van der Waals surface area contributed by atoms with Crippen LogP contribution in [0.5, 0.6) is 0 Å². The van der Waals surface area contributed by atoms with Gasteiger partial charge in [0.25, 0.3) is 0 Å². The molecule has 0 spiro atoms. The van der Waals surface area contributed by atoms with Crippen LogP contribution in [0.2, 0.25) is 0 Å². The monoisotopic (exact) mass is 296 g/mol. The van der Waals surface area contributed by atoms with Crippen molar-refractivity contribution in [2.75, 3.05) is 0 Å². The summed E-state index contributed by atoms with van der Waals surface area (Å²) in [5, 5.41) is 0. The molecule has 4 rings (SSSR count). The van der Waals surface area contributed by atoms with Gasteiger partial charge in [-0.3, -0.25) is 4.79 Å². The zero-order valence-corrected chi connectivity index (χ0v) is 14.1. The average Bonchev–Trinajstić information content (AvgIpc) is 2.89. The topological polar surface area (TPSA) is 17.1 Å². The van der Waals surface area contributed by atoms with Gasteiger partial charge >= 0.3 is 0 Å². The Morgan fingerprint density at radius 2 is 1.86 bits per heavy atom. The van der Waals surface area contributed by atoms with Gasteiger partial charge in [-0.15, -0.1) is 0 Å². The van der Waals surface area contributed by atoms with Gasteiger partial charge in [0.1, 0.15) is 0 Å². The molecule has 0 radical (unpaired) electrons. The molecule has 0 N–H and O–H groups in total. The maximum atomic E-state index is 12.2. The fraction of sp³-hybridized carbons (Fsp3) is 0.667. The minimum atomic E-state index is -0.00215. The third-order valence-electron chi connectivity index (χ3n) is 7.97. The highest BCUT2D eigenvalue weighted by atomic mass is 16.1. The molecule has 0 unspecified atom stereocenters. The number of ketones is 1. The van der Waals surface area contributed by atoms with Crippen molar-refractivity contribution in [1.82, 2.24) is 0 Å². The Hall–Kier alpha value is -1.11. The molecule has 0 aliphatic heterocycles. The summed E-state index contributed by atoms with van der Waals surface area (Å²) in [7, 11) is 0. The molecule has 4 aliphatic carbocycles. The van der Waals surface area contributed by atoms with Crippen LogP contribution in [0, 0.1) is 28.6 Å². The van der Waals surface area contributed by atoms with E-state index in [1.54, 1.807) is 0 Å². The third kappa shape index (κ3) is 1.63. The van der Waals surface area contributed by atoms with Crippen molar-refractivity contribution >= 4 is 5.78 Å². The van der Waals surface area contributed by atoms with Gasteiger partial charge in [0.05, 0.1) is 0 Å². The first-order valence-electron chi connectivity index (χ1n) is 9.02. The number of carbonyl (C=O) groups is 1. The summed E-state index contributed by atoms with van der Waals surface area (Å²) in [6.07, 6.45) is 11.2. The lowest BCUT2D eigenvalue weighted by Crippen LogP contribution is -2.50. The number of allylic oxidation sites excluding steroid dienone is 3. The van der Waals surface area contributed by atoms with Crippen LogP contribution in [0.25, 0.3) is 0 Å². The number of carbonyl (C=O) groups excluding carboxylic acids is 1. The lowest BCUT2D eigenvalue weighted by Gasteiger charge is -2.58. The summed E-state index contributed by atoms with van der Waals surface area (Å²) in [6, 6.07) is 0. The van der Waals surface area contributed by atoms with E-state index in [1.807, 2.05) is 6.08 Å². The normalized spacial score (nSPS) is 47.6. The second-order valence-electron chi connectivity index (χ2n) is 8.69. The summed E-state index contributed by atoms with van der Waals surface area (Å²) in [4.78, 5) is 12.2. The predicted molar refractivity (Wildman–Crippen MR) is 90.4 cm³/mol. The molecule has 5 atom stereocenters. The van der Waals surface area contributed by atoms with Crippen molar-refractivity contribution in [3.63, 3.8) is 0 Å². The Balaban J connectivity index is 1.77. The van der Waals surface area contributed by atoms with Crippen LogP contribution in [0.1, 0.15) is 58.8 Å². The molecule has 0 aromatic heterocycles. The number of fused-ring (bicyclic) bond motifs is 5. The zero-order chi connectivity index (χ0) is 15.7. The lowest BCUT2D eigenvalue weighted by atomic mass is 9.46. The van der Waals surface area contributed by atoms with Gasteiger partial charge in [-0.2, -0.15) is 0 Å². The van der Waals surface area contributed by atoms with Gasteiger partial charge < -0.3 is 0 Å². The number of hydrogen-bond donors (Lipinski definition) is 0. The largest absolute Gasteiger partial charge is 0.289 e. The fourth-order valence-electron chi connectivity index (χ4n) is 6.57. The summed E-state index contributed by atoms with van der Waals surface area (Å²) < 4.78 is 0. The van der Waals surface area contributed by atoms with Crippen molar-refractivity contribution in [3.8, 4) is 0 Å². The quantitative estimate of drug-likeness (QED) is 0.559. The molecule has 3 fully saturated rings.